The van der Waals surface area contributed by atoms with E-state index in [9.17, 15) is 27.4 Å². The van der Waals surface area contributed by atoms with E-state index in [1.807, 2.05) is 44.2 Å². The van der Waals surface area contributed by atoms with Crippen LogP contribution in [0.5, 0.6) is 0 Å². The van der Waals surface area contributed by atoms with Crippen LogP contribution in [0.2, 0.25) is 0 Å². The Morgan fingerprint density at radius 1 is 1.00 bits per heavy atom. The molecule has 0 fully saturated rings. The zero-order valence-electron chi connectivity index (χ0n) is 26.2. The van der Waals surface area contributed by atoms with Crippen molar-refractivity contribution in [3.8, 4) is 0 Å². The molecule has 0 spiro atoms. The van der Waals surface area contributed by atoms with E-state index >= 15 is 0 Å². The van der Waals surface area contributed by atoms with Gasteiger partial charge in [-0.3, -0.25) is 23.9 Å². The number of aliphatic hydroxyl groups excluding tert-OH is 1. The maximum atomic E-state index is 14.9. The minimum absolute atomic E-state index is 0.0456. The Morgan fingerprint density at radius 3 is 2.31 bits per heavy atom. The summed E-state index contributed by atoms with van der Waals surface area (Å²) >= 11 is 0. The molecule has 1 unspecified atom stereocenters. The van der Waals surface area contributed by atoms with Gasteiger partial charge in [-0.1, -0.05) is 74.0 Å². The first-order chi connectivity index (χ1) is 20.9. The number of nitrogens with one attached hydrogen (secondary N) is 3. The van der Waals surface area contributed by atoms with Crippen molar-refractivity contribution in [2.45, 2.75) is 64.4 Å². The second-order valence-corrected chi connectivity index (χ2v) is 16.4. The quantitative estimate of drug-likeness (QED) is 0.153. The van der Waals surface area contributed by atoms with Crippen LogP contribution in [0.3, 0.4) is 0 Å². The maximum Gasteiger partial charge on any atom is 0.229 e. The lowest BCUT2D eigenvalue weighted by Crippen LogP contribution is -2.54. The first kappa shape index (κ1) is 32.7. The number of nitrogens with zero attached hydrogens (tertiary/aromatic N) is 1. The Morgan fingerprint density at radius 2 is 1.67 bits per heavy atom. The van der Waals surface area contributed by atoms with E-state index in [4.69, 9.17) is 0 Å². The van der Waals surface area contributed by atoms with Crippen molar-refractivity contribution >= 4 is 49.6 Å². The topological polar surface area (TPSA) is 160 Å². The highest BCUT2D eigenvalue weighted by Gasteiger charge is 2.50. The van der Waals surface area contributed by atoms with Gasteiger partial charge in [0.15, 0.2) is 11.6 Å². The highest BCUT2D eigenvalue weighted by atomic mass is 32.3. The fourth-order valence-corrected chi connectivity index (χ4v) is 7.61. The number of benzene rings is 3. The van der Waals surface area contributed by atoms with E-state index in [1.165, 1.54) is 18.2 Å². The molecule has 12 heteroatoms. The number of rotatable bonds is 8. The molecule has 45 heavy (non-hydrogen) atoms. The summed E-state index contributed by atoms with van der Waals surface area (Å²) < 4.78 is 52.4. The summed E-state index contributed by atoms with van der Waals surface area (Å²) in [6.07, 6.45) is 2.05. The van der Waals surface area contributed by atoms with Gasteiger partial charge in [0.2, 0.25) is 10.0 Å². The Kier molecular flexibility index (Phi) is 8.43. The minimum Gasteiger partial charge on any atom is -0.506 e. The van der Waals surface area contributed by atoms with E-state index in [2.05, 4.69) is 40.5 Å². The lowest BCUT2D eigenvalue weighted by atomic mass is 9.69. The van der Waals surface area contributed by atoms with Crippen molar-refractivity contribution in [3.05, 3.63) is 94.1 Å². The predicted molar refractivity (Wildman–Crippen MR) is 181 cm³/mol. The first-order valence-corrected chi connectivity index (χ1v) is 18.0. The van der Waals surface area contributed by atoms with Crippen LogP contribution in [-0.4, -0.2) is 40.5 Å². The Labute approximate surface area is 266 Å². The molecule has 0 radical (unpaired) electrons. The van der Waals surface area contributed by atoms with E-state index in [1.54, 1.807) is 12.1 Å². The molecular formula is C33H40N4O6S2. The molecule has 0 bridgehead atoms. The van der Waals surface area contributed by atoms with Crippen molar-refractivity contribution in [2.75, 3.05) is 16.3 Å². The lowest BCUT2D eigenvalue weighted by molar-refractivity contribution is -0.122. The number of Topliss-reactive ketones (excluding diaryl/α,β-unsaturated/α-hetero) is 1. The third-order valence-corrected chi connectivity index (χ3v) is 10.2. The summed E-state index contributed by atoms with van der Waals surface area (Å²) in [5, 5.41) is 18.3. The van der Waals surface area contributed by atoms with Crippen molar-refractivity contribution < 1.29 is 27.4 Å². The molecule has 0 aromatic heterocycles. The van der Waals surface area contributed by atoms with E-state index in [0.717, 1.165) is 22.9 Å². The highest BCUT2D eigenvalue weighted by molar-refractivity contribution is 8.23. The van der Waals surface area contributed by atoms with Crippen molar-refractivity contribution in [1.29, 1.82) is 0 Å². The molecule has 1 aliphatic heterocycles. The minimum atomic E-state index is -3.91. The van der Waals surface area contributed by atoms with Gasteiger partial charge in [0.25, 0.3) is 0 Å². The third-order valence-electron chi connectivity index (χ3n) is 8.24. The predicted octanol–water partition coefficient (Wildman–Crippen LogP) is 6.89. The second-order valence-electron chi connectivity index (χ2n) is 13.0. The number of fused-ring (bicyclic) bond motifs is 2. The number of ketones is 1. The molecule has 10 nitrogen and oxygen atoms in total. The molecule has 1 atom stereocenters. The second kappa shape index (κ2) is 11.6. The van der Waals surface area contributed by atoms with E-state index < -0.39 is 32.1 Å². The number of hydrogen-bond donors (Lipinski definition) is 6. The van der Waals surface area contributed by atoms with Crippen LogP contribution in [-0.2, 0) is 26.9 Å². The summed E-state index contributed by atoms with van der Waals surface area (Å²) in [5.74, 6) is -0.956. The molecule has 2 aliphatic rings. The van der Waals surface area contributed by atoms with Crippen molar-refractivity contribution in [3.63, 3.8) is 0 Å². The summed E-state index contributed by atoms with van der Waals surface area (Å²) in [4.78, 5) is 14.9. The number of carbonyl (C=O) groups is 1. The Bertz CT molecular complexity index is 1840. The molecule has 240 valence electrons. The van der Waals surface area contributed by atoms with Crippen molar-refractivity contribution in [1.82, 2.24) is 5.32 Å². The molecule has 0 saturated heterocycles. The van der Waals surface area contributed by atoms with Crippen LogP contribution < -0.4 is 15.4 Å². The molecule has 5 rings (SSSR count). The molecule has 3 aromatic carbocycles. The number of carbonyl (C=O) groups excluding carboxylic acids is 1. The average molecular weight is 653 g/mol. The number of anilines is 2. The van der Waals surface area contributed by atoms with Gasteiger partial charge in [-0.15, -0.1) is 4.40 Å². The smallest absolute Gasteiger partial charge is 0.229 e. The SMILES string of the molecule is Cc1cccc(C)c1CNC1(CCC(C)(C)C)C(=O)C(C2=NS(O)(O)c3cc(NS(C)(=O)=O)ccc3N2)=C(O)c2ccccc21. The fraction of sp³-hybridized carbons (Fsp3) is 0.333. The molecule has 1 aliphatic carbocycles. The van der Waals surface area contributed by atoms with Crippen LogP contribution >= 0.6 is 10.8 Å². The fourth-order valence-electron chi connectivity index (χ4n) is 5.87. The number of amidine groups is 1. The molecule has 6 N–H and O–H groups in total. The lowest BCUT2D eigenvalue weighted by Gasteiger charge is -2.42. The number of sulfonamides is 1. The van der Waals surface area contributed by atoms with Crippen LogP contribution in [0.1, 0.15) is 61.4 Å². The first-order valence-electron chi connectivity index (χ1n) is 14.6. The zero-order valence-corrected chi connectivity index (χ0v) is 27.9. The van der Waals surface area contributed by atoms with Gasteiger partial charge in [0.1, 0.15) is 21.8 Å². The maximum absolute atomic E-state index is 14.9. The summed E-state index contributed by atoms with van der Waals surface area (Å²) in [7, 11) is -7.53. The Balaban J connectivity index is 1.65. The largest absolute Gasteiger partial charge is 0.506 e. The summed E-state index contributed by atoms with van der Waals surface area (Å²) in [6, 6.07) is 17.4. The monoisotopic (exact) mass is 652 g/mol. The van der Waals surface area contributed by atoms with E-state index in [0.29, 0.717) is 30.5 Å². The molecule has 0 saturated carbocycles. The van der Waals surface area contributed by atoms with Gasteiger partial charge in [0, 0.05) is 12.1 Å². The number of aryl methyl sites for hydroxylation is 2. The Hall–Kier alpha value is -3.68. The van der Waals surface area contributed by atoms with Crippen LogP contribution in [0.25, 0.3) is 5.76 Å². The number of aliphatic hydroxyl groups is 1. The molecule has 0 amide bonds. The van der Waals surface area contributed by atoms with Gasteiger partial charge in [0.05, 0.1) is 17.6 Å². The van der Waals surface area contributed by atoms with Crippen LogP contribution in [0.4, 0.5) is 11.4 Å². The average Bonchev–Trinajstić information content (AvgIpc) is 2.93. The molecule has 3 aromatic rings. The third kappa shape index (κ3) is 6.52. The summed E-state index contributed by atoms with van der Waals surface area (Å²) in [5.41, 5.74) is 3.06. The van der Waals surface area contributed by atoms with Gasteiger partial charge >= 0.3 is 0 Å². The van der Waals surface area contributed by atoms with Gasteiger partial charge < -0.3 is 10.4 Å². The van der Waals surface area contributed by atoms with Crippen LogP contribution in [0, 0.1) is 19.3 Å². The van der Waals surface area contributed by atoms with Gasteiger partial charge in [-0.25, -0.2) is 8.42 Å². The standard InChI is InChI=1S/C33H40N4O6S2/c1-20-10-9-11-21(2)24(20)19-34-33(17-16-32(3,4)5)25-13-8-7-12-23(25)29(38)28(30(33)39)31-35-26-15-14-22(36-44(6,40)41)18-27(26)45(42,43)37-31/h7-15,18,34,36,38,42-43H,16-17,19H2,1-6H3,(H,35,37). The normalized spacial score (nSPS) is 20.1. The number of hydrogen-bond acceptors (Lipinski definition) is 9. The van der Waals surface area contributed by atoms with Gasteiger partial charge in [-0.2, -0.15) is 0 Å². The summed E-state index contributed by atoms with van der Waals surface area (Å²) in [6.45, 7) is 10.7. The zero-order chi connectivity index (χ0) is 32.9. The van der Waals surface area contributed by atoms with E-state index in [-0.39, 0.29) is 38.9 Å². The molecular weight excluding hydrogens is 613 g/mol. The van der Waals surface area contributed by atoms with Gasteiger partial charge in [-0.05, 0) is 72.6 Å². The molecule has 1 heterocycles. The van der Waals surface area contributed by atoms with Crippen LogP contribution in [0.15, 0.2) is 75.5 Å². The highest BCUT2D eigenvalue weighted by Crippen LogP contribution is 2.57. The van der Waals surface area contributed by atoms with Crippen molar-refractivity contribution in [2.24, 2.45) is 9.81 Å².